The summed E-state index contributed by atoms with van der Waals surface area (Å²) in [4.78, 5) is 30.8. The lowest BCUT2D eigenvalue weighted by Crippen LogP contribution is -1.98. The van der Waals surface area contributed by atoms with Gasteiger partial charge < -0.3 is 14.2 Å². The molecule has 0 saturated carbocycles. The average Bonchev–Trinajstić information content (AvgIpc) is 2.36. The topological polar surface area (TPSA) is 78.9 Å². The van der Waals surface area contributed by atoms with Gasteiger partial charge in [-0.3, -0.25) is 4.79 Å². The SMILES string of the molecule is CCCC(=O)OC.COC(=O)/C=C\C(=O)OC. The summed E-state index contributed by atoms with van der Waals surface area (Å²) in [6.07, 6.45) is 3.39. The minimum Gasteiger partial charge on any atom is -0.469 e. The fraction of sp³-hybridized carbons (Fsp3) is 0.545. The minimum absolute atomic E-state index is 0.123. The van der Waals surface area contributed by atoms with Gasteiger partial charge in [0.05, 0.1) is 21.3 Å². The van der Waals surface area contributed by atoms with E-state index in [4.69, 9.17) is 0 Å². The molecule has 0 rings (SSSR count). The minimum atomic E-state index is -0.578. The average molecular weight is 246 g/mol. The van der Waals surface area contributed by atoms with E-state index >= 15 is 0 Å². The molecule has 0 aromatic heterocycles. The largest absolute Gasteiger partial charge is 0.469 e. The van der Waals surface area contributed by atoms with E-state index in [1.165, 1.54) is 21.3 Å². The number of carbonyl (C=O) groups excluding carboxylic acids is 3. The molecule has 17 heavy (non-hydrogen) atoms. The van der Waals surface area contributed by atoms with Gasteiger partial charge in [0.15, 0.2) is 0 Å². The third-order valence-corrected chi connectivity index (χ3v) is 1.44. The highest BCUT2D eigenvalue weighted by atomic mass is 16.5. The van der Waals surface area contributed by atoms with Crippen LogP contribution in [0, 0.1) is 0 Å². The van der Waals surface area contributed by atoms with Gasteiger partial charge in [-0.1, -0.05) is 6.92 Å². The van der Waals surface area contributed by atoms with Gasteiger partial charge in [-0.05, 0) is 6.42 Å². The van der Waals surface area contributed by atoms with Crippen molar-refractivity contribution in [2.75, 3.05) is 21.3 Å². The summed E-state index contributed by atoms with van der Waals surface area (Å²) in [6, 6.07) is 0. The number of hydrogen-bond donors (Lipinski definition) is 0. The highest BCUT2D eigenvalue weighted by molar-refractivity contribution is 5.91. The highest BCUT2D eigenvalue weighted by Gasteiger charge is 1.94. The summed E-state index contributed by atoms with van der Waals surface area (Å²) in [7, 11) is 3.85. The Morgan fingerprint density at radius 3 is 1.47 bits per heavy atom. The molecule has 0 amide bonds. The first-order valence-corrected chi connectivity index (χ1v) is 4.92. The van der Waals surface area contributed by atoms with Crippen molar-refractivity contribution in [3.63, 3.8) is 0 Å². The number of ether oxygens (including phenoxy) is 3. The Balaban J connectivity index is 0. The van der Waals surface area contributed by atoms with Gasteiger partial charge in [0, 0.05) is 18.6 Å². The number of esters is 3. The molecule has 0 aromatic rings. The van der Waals surface area contributed by atoms with Crippen molar-refractivity contribution in [2.45, 2.75) is 19.8 Å². The first-order chi connectivity index (χ1) is 8.01. The maximum Gasteiger partial charge on any atom is 0.330 e. The van der Waals surface area contributed by atoms with E-state index < -0.39 is 11.9 Å². The molecule has 0 spiro atoms. The molecular formula is C11H18O6. The van der Waals surface area contributed by atoms with Crippen molar-refractivity contribution in [3.8, 4) is 0 Å². The molecule has 0 saturated heterocycles. The van der Waals surface area contributed by atoms with E-state index in [9.17, 15) is 14.4 Å². The Morgan fingerprint density at radius 1 is 0.882 bits per heavy atom. The second-order valence-electron chi connectivity index (χ2n) is 2.71. The summed E-state index contributed by atoms with van der Waals surface area (Å²) in [5, 5.41) is 0. The lowest BCUT2D eigenvalue weighted by atomic mass is 10.3. The van der Waals surface area contributed by atoms with Crippen molar-refractivity contribution in [3.05, 3.63) is 12.2 Å². The molecule has 0 unspecified atom stereocenters. The van der Waals surface area contributed by atoms with Gasteiger partial charge in [0.25, 0.3) is 0 Å². The normalized spacial score (nSPS) is 8.94. The van der Waals surface area contributed by atoms with Crippen LogP contribution in [0.25, 0.3) is 0 Å². The zero-order valence-corrected chi connectivity index (χ0v) is 10.5. The molecule has 0 N–H and O–H groups in total. The van der Waals surface area contributed by atoms with E-state index in [2.05, 4.69) is 14.2 Å². The zero-order valence-electron chi connectivity index (χ0n) is 10.5. The molecule has 0 atom stereocenters. The van der Waals surface area contributed by atoms with Crippen molar-refractivity contribution < 1.29 is 28.6 Å². The molecule has 0 aliphatic heterocycles. The molecule has 0 radical (unpaired) electrons. The van der Waals surface area contributed by atoms with Crippen molar-refractivity contribution in [1.82, 2.24) is 0 Å². The summed E-state index contributed by atoms with van der Waals surface area (Å²) >= 11 is 0. The van der Waals surface area contributed by atoms with Gasteiger partial charge >= 0.3 is 17.9 Å². The standard InChI is InChI=1S/C6H8O4.C5H10O2/c1-9-5(7)3-4-6(8)10-2;1-3-4-5(6)7-2/h3-4H,1-2H3;3-4H2,1-2H3/b4-3-;. The van der Waals surface area contributed by atoms with Crippen LogP contribution in [0.2, 0.25) is 0 Å². The van der Waals surface area contributed by atoms with Gasteiger partial charge in [0.2, 0.25) is 0 Å². The molecule has 98 valence electrons. The molecule has 6 nitrogen and oxygen atoms in total. The monoisotopic (exact) mass is 246 g/mol. The number of carbonyl (C=O) groups is 3. The van der Waals surface area contributed by atoms with Crippen molar-refractivity contribution >= 4 is 17.9 Å². The number of hydrogen-bond acceptors (Lipinski definition) is 6. The molecule has 0 aromatic carbocycles. The van der Waals surface area contributed by atoms with Crippen LogP contribution in [0.1, 0.15) is 19.8 Å². The van der Waals surface area contributed by atoms with E-state index in [-0.39, 0.29) is 5.97 Å². The van der Waals surface area contributed by atoms with Crippen molar-refractivity contribution in [2.24, 2.45) is 0 Å². The predicted molar refractivity (Wildman–Crippen MR) is 60.1 cm³/mol. The van der Waals surface area contributed by atoms with Crippen LogP contribution in [0.4, 0.5) is 0 Å². The lowest BCUT2D eigenvalue weighted by molar-refractivity contribution is -0.140. The Bertz CT molecular complexity index is 251. The Labute approximate surface area is 101 Å². The Morgan fingerprint density at radius 2 is 1.29 bits per heavy atom. The molecule has 0 bridgehead atoms. The van der Waals surface area contributed by atoms with Crippen LogP contribution < -0.4 is 0 Å². The summed E-state index contributed by atoms with van der Waals surface area (Å²) in [5.41, 5.74) is 0. The van der Waals surface area contributed by atoms with Crippen LogP contribution in [0.3, 0.4) is 0 Å². The number of methoxy groups -OCH3 is 3. The van der Waals surface area contributed by atoms with E-state index in [0.29, 0.717) is 6.42 Å². The highest BCUT2D eigenvalue weighted by Crippen LogP contribution is 1.86. The second-order valence-corrected chi connectivity index (χ2v) is 2.71. The first-order valence-electron chi connectivity index (χ1n) is 4.92. The Kier molecular flexibility index (Phi) is 12.6. The quantitative estimate of drug-likeness (QED) is 0.415. The molecule has 0 aliphatic carbocycles. The predicted octanol–water partition coefficient (Wildman–Crippen LogP) is 0.848. The summed E-state index contributed by atoms with van der Waals surface area (Å²) in [6.45, 7) is 1.94. The first kappa shape index (κ1) is 17.5. The zero-order chi connectivity index (χ0) is 13.7. The molecule has 0 fully saturated rings. The lowest BCUT2D eigenvalue weighted by Gasteiger charge is -1.91. The molecule has 0 aliphatic rings. The van der Waals surface area contributed by atoms with Gasteiger partial charge in [0.1, 0.15) is 0 Å². The number of rotatable bonds is 4. The second kappa shape index (κ2) is 12.2. The molecular weight excluding hydrogens is 228 g/mol. The van der Waals surface area contributed by atoms with E-state index in [1.807, 2.05) is 6.92 Å². The maximum atomic E-state index is 10.3. The smallest absolute Gasteiger partial charge is 0.330 e. The van der Waals surface area contributed by atoms with Crippen LogP contribution in [0.5, 0.6) is 0 Å². The van der Waals surface area contributed by atoms with Gasteiger partial charge in [-0.15, -0.1) is 0 Å². The summed E-state index contributed by atoms with van der Waals surface area (Å²) in [5.74, 6) is -1.28. The fourth-order valence-electron chi connectivity index (χ4n) is 0.578. The molecule has 0 heterocycles. The van der Waals surface area contributed by atoms with Crippen LogP contribution >= 0.6 is 0 Å². The van der Waals surface area contributed by atoms with E-state index in [1.54, 1.807) is 0 Å². The molecule has 6 heteroatoms. The van der Waals surface area contributed by atoms with Crippen LogP contribution in [-0.4, -0.2) is 39.2 Å². The van der Waals surface area contributed by atoms with Crippen LogP contribution in [-0.2, 0) is 28.6 Å². The third-order valence-electron chi connectivity index (χ3n) is 1.44. The van der Waals surface area contributed by atoms with Crippen LogP contribution in [0.15, 0.2) is 12.2 Å². The summed E-state index contributed by atoms with van der Waals surface area (Å²) < 4.78 is 12.8. The van der Waals surface area contributed by atoms with Gasteiger partial charge in [-0.25, -0.2) is 9.59 Å². The van der Waals surface area contributed by atoms with Gasteiger partial charge in [-0.2, -0.15) is 0 Å². The fourth-order valence-corrected chi connectivity index (χ4v) is 0.578. The Hall–Kier alpha value is -1.85. The van der Waals surface area contributed by atoms with E-state index in [0.717, 1.165) is 18.6 Å². The maximum absolute atomic E-state index is 10.3. The third kappa shape index (κ3) is 14.2. The van der Waals surface area contributed by atoms with Crippen molar-refractivity contribution in [1.29, 1.82) is 0 Å².